The van der Waals surface area contributed by atoms with Crippen LogP contribution in [0.5, 0.6) is 0 Å². The van der Waals surface area contributed by atoms with E-state index in [9.17, 15) is 24.7 Å². The van der Waals surface area contributed by atoms with Gasteiger partial charge in [-0.3, -0.25) is 14.5 Å². The fourth-order valence-corrected chi connectivity index (χ4v) is 4.78. The van der Waals surface area contributed by atoms with Crippen LogP contribution >= 0.6 is 23.3 Å². The summed E-state index contributed by atoms with van der Waals surface area (Å²) in [7, 11) is 0. The van der Waals surface area contributed by atoms with Crippen molar-refractivity contribution < 1.29 is 24.7 Å². The molecule has 2 aromatic heterocycles. The summed E-state index contributed by atoms with van der Waals surface area (Å²) in [4.78, 5) is 42.5. The van der Waals surface area contributed by atoms with Crippen molar-refractivity contribution in [3.05, 3.63) is 28.6 Å². The van der Waals surface area contributed by atoms with Crippen molar-refractivity contribution in [2.24, 2.45) is 5.16 Å². The molecular weight excluding hydrogens is 462 g/mol. The lowest BCUT2D eigenvalue weighted by Gasteiger charge is -2.50. The van der Waals surface area contributed by atoms with Crippen LogP contribution in [-0.4, -0.2) is 70.3 Å². The molecule has 166 valence electrons. The van der Waals surface area contributed by atoms with E-state index in [2.05, 4.69) is 30.0 Å². The Morgan fingerprint density at radius 2 is 2.09 bits per heavy atom. The Kier molecular flexibility index (Phi) is 5.62. The van der Waals surface area contributed by atoms with Gasteiger partial charge >= 0.3 is 5.97 Å². The summed E-state index contributed by atoms with van der Waals surface area (Å²) < 4.78 is 3.80. The molecule has 32 heavy (non-hydrogen) atoms. The van der Waals surface area contributed by atoms with E-state index in [0.29, 0.717) is 22.8 Å². The van der Waals surface area contributed by atoms with Crippen molar-refractivity contribution in [3.63, 3.8) is 0 Å². The second-order valence-corrected chi connectivity index (χ2v) is 8.54. The maximum atomic E-state index is 12.7. The normalized spacial score (nSPS) is 20.6. The zero-order valence-corrected chi connectivity index (χ0v) is 17.6. The Bertz CT molecular complexity index is 1160. The third-order valence-electron chi connectivity index (χ3n) is 4.74. The number of thioether (sulfide) groups is 1. The van der Waals surface area contributed by atoms with E-state index in [-0.39, 0.29) is 22.5 Å². The molecule has 2 atom stereocenters. The van der Waals surface area contributed by atoms with Gasteiger partial charge in [0, 0.05) is 16.4 Å². The van der Waals surface area contributed by atoms with E-state index in [4.69, 9.17) is 11.5 Å². The van der Waals surface area contributed by atoms with Crippen LogP contribution in [0.25, 0.3) is 0 Å². The number of carboxylic acids is 1. The first-order valence-electron chi connectivity index (χ1n) is 8.99. The molecule has 2 aromatic rings. The summed E-state index contributed by atoms with van der Waals surface area (Å²) in [5.74, 6) is -2.73. The predicted molar refractivity (Wildman–Crippen MR) is 111 cm³/mol. The van der Waals surface area contributed by atoms with Crippen LogP contribution in [0, 0.1) is 0 Å². The molecule has 0 aromatic carbocycles. The summed E-state index contributed by atoms with van der Waals surface area (Å²) in [6.45, 7) is 0. The van der Waals surface area contributed by atoms with E-state index in [0.717, 1.165) is 28.2 Å². The number of hydrogen-bond acceptors (Lipinski definition) is 13. The average Bonchev–Trinajstić information content (AvgIpc) is 3.19. The molecule has 0 bridgehead atoms. The number of rotatable bonds is 6. The summed E-state index contributed by atoms with van der Waals surface area (Å²) in [5, 5.41) is 32.4. The van der Waals surface area contributed by atoms with Crippen molar-refractivity contribution in [3.8, 4) is 0 Å². The van der Waals surface area contributed by atoms with Crippen LogP contribution in [-0.2, 0) is 14.4 Å². The maximum absolute atomic E-state index is 12.7. The lowest BCUT2D eigenvalue weighted by Crippen LogP contribution is -2.72. The number of carbonyl (C=O) groups excluding carboxylic acids is 2. The lowest BCUT2D eigenvalue weighted by atomic mass is 9.86. The zero-order valence-electron chi connectivity index (χ0n) is 16.0. The van der Waals surface area contributed by atoms with Crippen LogP contribution in [0.15, 0.2) is 32.9 Å². The average molecular weight is 477 g/mol. The number of anilines is 2. The quantitative estimate of drug-likeness (QED) is 0.150. The third kappa shape index (κ3) is 3.80. The van der Waals surface area contributed by atoms with E-state index >= 15 is 0 Å². The second-order valence-electron chi connectivity index (χ2n) is 6.65. The summed E-state index contributed by atoms with van der Waals surface area (Å²) in [6, 6.07) is 1.56. The Hall–Kier alpha value is -3.79. The number of nitrogens with one attached hydrogen (secondary N) is 1. The highest BCUT2D eigenvalue weighted by Gasteiger charge is 2.54. The second kappa shape index (κ2) is 8.39. The number of aromatic nitrogens is 4. The number of carbonyl (C=O) groups is 3. The SMILES string of the molecule is Nc1ccc(SC2=C(C(=O)O)N3C(=O)C(NC(=O)/C(=N\O)c4nsc(N)n4)C3CC2)nn1. The first-order valence-corrected chi connectivity index (χ1v) is 10.6. The smallest absolute Gasteiger partial charge is 0.353 e. The van der Waals surface area contributed by atoms with Crippen LogP contribution in [0.1, 0.15) is 18.7 Å². The summed E-state index contributed by atoms with van der Waals surface area (Å²) >= 11 is 1.89. The number of aliphatic carboxylic acids is 1. The third-order valence-corrected chi connectivity index (χ3v) is 6.35. The number of fused-ring (bicyclic) bond motifs is 1. The molecule has 2 aliphatic rings. The van der Waals surface area contributed by atoms with Crippen molar-refractivity contribution in [2.75, 3.05) is 11.5 Å². The van der Waals surface area contributed by atoms with Gasteiger partial charge in [0.2, 0.25) is 11.5 Å². The first kappa shape index (κ1) is 21.4. The molecule has 0 aliphatic carbocycles. The van der Waals surface area contributed by atoms with Crippen molar-refractivity contribution in [2.45, 2.75) is 30.0 Å². The van der Waals surface area contributed by atoms with Gasteiger partial charge in [0.25, 0.3) is 11.8 Å². The molecule has 4 heterocycles. The van der Waals surface area contributed by atoms with Gasteiger partial charge in [-0.15, -0.1) is 10.2 Å². The molecule has 0 saturated carbocycles. The van der Waals surface area contributed by atoms with Crippen molar-refractivity contribution in [1.82, 2.24) is 29.8 Å². The number of amides is 2. The van der Waals surface area contributed by atoms with Gasteiger partial charge in [-0.25, -0.2) is 4.79 Å². The number of β-lactam (4-membered cyclic amide) rings is 1. The van der Waals surface area contributed by atoms with Gasteiger partial charge in [0.15, 0.2) is 5.13 Å². The van der Waals surface area contributed by atoms with Gasteiger partial charge in [0.1, 0.15) is 22.6 Å². The predicted octanol–water partition coefficient (Wildman–Crippen LogP) is -0.751. The summed E-state index contributed by atoms with van der Waals surface area (Å²) in [6.07, 6.45) is 0.732. The van der Waals surface area contributed by atoms with Crippen molar-refractivity contribution in [1.29, 1.82) is 0 Å². The molecule has 4 rings (SSSR count). The Labute approximate surface area is 187 Å². The number of hydrogen-bond donors (Lipinski definition) is 5. The minimum absolute atomic E-state index is 0.0687. The first-order chi connectivity index (χ1) is 15.3. The number of allylic oxidation sites excluding steroid dienone is 1. The fourth-order valence-electron chi connectivity index (χ4n) is 3.37. The van der Waals surface area contributed by atoms with Gasteiger partial charge in [0.05, 0.1) is 6.04 Å². The van der Waals surface area contributed by atoms with Crippen LogP contribution in [0.3, 0.4) is 0 Å². The highest BCUT2D eigenvalue weighted by molar-refractivity contribution is 8.03. The highest BCUT2D eigenvalue weighted by atomic mass is 32.2. The molecule has 0 radical (unpaired) electrons. The molecule has 7 N–H and O–H groups in total. The molecule has 1 saturated heterocycles. The topological polar surface area (TPSA) is 223 Å². The monoisotopic (exact) mass is 477 g/mol. The van der Waals surface area contributed by atoms with Crippen LogP contribution in [0.2, 0.25) is 0 Å². The van der Waals surface area contributed by atoms with Gasteiger partial charge < -0.3 is 27.1 Å². The molecule has 1 fully saturated rings. The Morgan fingerprint density at radius 3 is 2.69 bits per heavy atom. The highest BCUT2D eigenvalue weighted by Crippen LogP contribution is 2.42. The van der Waals surface area contributed by atoms with E-state index in [1.165, 1.54) is 6.07 Å². The molecule has 2 amide bonds. The summed E-state index contributed by atoms with van der Waals surface area (Å²) in [5.41, 5.74) is 10.3. The molecule has 14 nitrogen and oxygen atoms in total. The lowest BCUT2D eigenvalue weighted by molar-refractivity contribution is -0.155. The fraction of sp³-hybridized carbons (Fsp3) is 0.250. The van der Waals surface area contributed by atoms with Gasteiger partial charge in [-0.1, -0.05) is 16.9 Å². The van der Waals surface area contributed by atoms with E-state index in [1.807, 2.05) is 0 Å². The molecule has 2 unspecified atom stereocenters. The maximum Gasteiger partial charge on any atom is 0.353 e. The minimum atomic E-state index is -1.28. The van der Waals surface area contributed by atoms with E-state index in [1.54, 1.807) is 6.07 Å². The van der Waals surface area contributed by atoms with Crippen LogP contribution in [0.4, 0.5) is 10.9 Å². The number of carboxylic acid groups (broad SMARTS) is 1. The number of nitrogens with zero attached hydrogens (tertiary/aromatic N) is 6. The standard InChI is InChI=1S/C16H15N9O5S2/c17-7-3-4-8(22-21-7)31-6-2-1-5-9(14(27)25(5)11(6)15(28)29)19-13(26)10(23-30)12-20-16(18)32-24-12/h3-5,9,30H,1-2H2,(H2,17,21)(H,19,26)(H,28,29)(H2,18,20,24)/b23-10-. The Morgan fingerprint density at radius 1 is 1.31 bits per heavy atom. The molecule has 16 heteroatoms. The minimum Gasteiger partial charge on any atom is -0.477 e. The van der Waals surface area contributed by atoms with Gasteiger partial charge in [-0.2, -0.15) is 9.36 Å². The van der Waals surface area contributed by atoms with E-state index < -0.39 is 35.6 Å². The Balaban J connectivity index is 1.52. The van der Waals surface area contributed by atoms with Gasteiger partial charge in [-0.05, 0) is 25.0 Å². The zero-order chi connectivity index (χ0) is 23.0. The molecular formula is C16H15N9O5S2. The molecule has 2 aliphatic heterocycles. The van der Waals surface area contributed by atoms with Crippen LogP contribution < -0.4 is 16.8 Å². The number of oxime groups is 1. The largest absolute Gasteiger partial charge is 0.477 e. The number of nitrogen functional groups attached to an aromatic ring is 2. The van der Waals surface area contributed by atoms with Crippen molar-refractivity contribution >= 4 is 57.7 Å². The molecule has 0 spiro atoms. The number of nitrogens with two attached hydrogens (primary N) is 2.